The summed E-state index contributed by atoms with van der Waals surface area (Å²) < 4.78 is 5.75. The highest BCUT2D eigenvalue weighted by Crippen LogP contribution is 2.26. The molecule has 0 bridgehead atoms. The minimum Gasteiger partial charge on any atom is -0.480 e. The van der Waals surface area contributed by atoms with E-state index in [0.717, 1.165) is 10.8 Å². The Morgan fingerprint density at radius 1 is 1.21 bits per heavy atom. The molecule has 5 nitrogen and oxygen atoms in total. The van der Waals surface area contributed by atoms with Gasteiger partial charge < -0.3 is 15.2 Å². The van der Waals surface area contributed by atoms with Crippen molar-refractivity contribution < 1.29 is 19.4 Å². The van der Waals surface area contributed by atoms with Gasteiger partial charge in [0, 0.05) is 5.39 Å². The van der Waals surface area contributed by atoms with Crippen LogP contribution < -0.4 is 10.1 Å². The number of allylic oxidation sites excluding steroid dienone is 1. The molecule has 0 radical (unpaired) electrons. The van der Waals surface area contributed by atoms with Crippen molar-refractivity contribution in [3.8, 4) is 5.75 Å². The van der Waals surface area contributed by atoms with Crippen LogP contribution in [0.15, 0.2) is 54.6 Å². The van der Waals surface area contributed by atoms with Gasteiger partial charge in [0.15, 0.2) is 6.10 Å². The van der Waals surface area contributed by atoms with Gasteiger partial charge in [0.2, 0.25) is 0 Å². The van der Waals surface area contributed by atoms with Crippen molar-refractivity contribution in [3.63, 3.8) is 0 Å². The van der Waals surface area contributed by atoms with Crippen molar-refractivity contribution in [2.24, 2.45) is 0 Å². The van der Waals surface area contributed by atoms with Crippen LogP contribution in [0.4, 0.5) is 0 Å². The monoisotopic (exact) mass is 327 g/mol. The van der Waals surface area contributed by atoms with Crippen molar-refractivity contribution in [3.05, 3.63) is 54.6 Å². The summed E-state index contributed by atoms with van der Waals surface area (Å²) in [6.07, 6.45) is 2.88. The summed E-state index contributed by atoms with van der Waals surface area (Å²) in [6.45, 7) is 3.40. The van der Waals surface area contributed by atoms with Gasteiger partial charge in [0.05, 0.1) is 0 Å². The van der Waals surface area contributed by atoms with Crippen LogP contribution in [0, 0.1) is 0 Å². The molecule has 2 aromatic rings. The predicted octanol–water partition coefficient (Wildman–Crippen LogP) is 3.14. The summed E-state index contributed by atoms with van der Waals surface area (Å²) in [5, 5.41) is 13.6. The van der Waals surface area contributed by atoms with Gasteiger partial charge in [0.1, 0.15) is 11.8 Å². The normalized spacial score (nSPS) is 13.6. The van der Waals surface area contributed by atoms with Crippen LogP contribution in [0.1, 0.15) is 20.3 Å². The Morgan fingerprint density at radius 3 is 2.62 bits per heavy atom. The number of carboxylic acids is 1. The van der Waals surface area contributed by atoms with E-state index in [1.807, 2.05) is 36.4 Å². The predicted molar refractivity (Wildman–Crippen MR) is 93.0 cm³/mol. The van der Waals surface area contributed by atoms with Gasteiger partial charge in [-0.25, -0.2) is 4.79 Å². The number of carbonyl (C=O) groups is 2. The SMILES string of the molecule is C/C=C/CC(NC(=O)C(C)Oc1cccc2ccccc12)C(=O)O. The number of hydrogen-bond acceptors (Lipinski definition) is 3. The average molecular weight is 327 g/mol. The van der Waals surface area contributed by atoms with E-state index in [0.29, 0.717) is 5.75 Å². The summed E-state index contributed by atoms with van der Waals surface area (Å²) in [5.74, 6) is -0.935. The molecule has 0 heterocycles. The fourth-order valence-electron chi connectivity index (χ4n) is 2.33. The molecule has 1 amide bonds. The molecule has 24 heavy (non-hydrogen) atoms. The third-order valence-corrected chi connectivity index (χ3v) is 3.64. The highest BCUT2D eigenvalue weighted by Gasteiger charge is 2.23. The van der Waals surface area contributed by atoms with E-state index in [-0.39, 0.29) is 6.42 Å². The summed E-state index contributed by atoms with van der Waals surface area (Å²) in [6, 6.07) is 12.4. The number of aliphatic carboxylic acids is 1. The maximum absolute atomic E-state index is 12.2. The Balaban J connectivity index is 2.09. The molecule has 2 atom stereocenters. The molecule has 0 saturated heterocycles. The molecule has 0 spiro atoms. The molecule has 0 aliphatic heterocycles. The molecule has 0 saturated carbocycles. The number of rotatable bonds is 7. The second kappa shape index (κ2) is 8.15. The third kappa shape index (κ3) is 4.35. The first-order chi connectivity index (χ1) is 11.5. The molecule has 2 N–H and O–H groups in total. The minimum atomic E-state index is -1.07. The highest BCUT2D eigenvalue weighted by atomic mass is 16.5. The van der Waals surface area contributed by atoms with E-state index < -0.39 is 24.0 Å². The Labute approximate surface area is 140 Å². The number of ether oxygens (including phenoxy) is 1. The van der Waals surface area contributed by atoms with Crippen molar-refractivity contribution >= 4 is 22.6 Å². The van der Waals surface area contributed by atoms with Crippen molar-refractivity contribution in [2.75, 3.05) is 0 Å². The van der Waals surface area contributed by atoms with E-state index in [4.69, 9.17) is 4.74 Å². The fraction of sp³-hybridized carbons (Fsp3) is 0.263. The third-order valence-electron chi connectivity index (χ3n) is 3.64. The smallest absolute Gasteiger partial charge is 0.326 e. The zero-order valence-corrected chi connectivity index (χ0v) is 13.7. The van der Waals surface area contributed by atoms with Gasteiger partial charge in [-0.15, -0.1) is 0 Å². The first kappa shape index (κ1) is 17.5. The lowest BCUT2D eigenvalue weighted by molar-refractivity contribution is -0.142. The van der Waals surface area contributed by atoms with Crippen molar-refractivity contribution in [1.82, 2.24) is 5.32 Å². The average Bonchev–Trinajstić information content (AvgIpc) is 2.58. The summed E-state index contributed by atoms with van der Waals surface area (Å²) in [7, 11) is 0. The van der Waals surface area contributed by atoms with Gasteiger partial charge in [-0.3, -0.25) is 4.79 Å². The maximum Gasteiger partial charge on any atom is 0.326 e. The lowest BCUT2D eigenvalue weighted by Crippen LogP contribution is -2.46. The van der Waals surface area contributed by atoms with E-state index in [1.54, 1.807) is 32.1 Å². The fourth-order valence-corrected chi connectivity index (χ4v) is 2.33. The molecular formula is C19H21NO4. The number of benzene rings is 2. The molecule has 0 fully saturated rings. The van der Waals surface area contributed by atoms with Gasteiger partial charge in [-0.1, -0.05) is 48.6 Å². The number of carboxylic acid groups (broad SMARTS) is 1. The zero-order valence-electron chi connectivity index (χ0n) is 13.7. The maximum atomic E-state index is 12.2. The molecule has 2 rings (SSSR count). The Bertz CT molecular complexity index is 749. The lowest BCUT2D eigenvalue weighted by Gasteiger charge is -2.19. The number of amides is 1. The topological polar surface area (TPSA) is 75.6 Å². The summed E-state index contributed by atoms with van der Waals surface area (Å²) >= 11 is 0. The first-order valence-electron chi connectivity index (χ1n) is 7.81. The molecular weight excluding hydrogens is 306 g/mol. The standard InChI is InChI=1S/C19H21NO4/c1-3-4-11-16(19(22)23)20-18(21)13(2)24-17-12-7-9-14-8-5-6-10-15(14)17/h3-10,12-13,16H,11H2,1-2H3,(H,20,21)(H,22,23)/b4-3+. The Morgan fingerprint density at radius 2 is 1.92 bits per heavy atom. The summed E-state index contributed by atoms with van der Waals surface area (Å²) in [5.41, 5.74) is 0. The van der Waals surface area contributed by atoms with Crippen LogP contribution in [-0.2, 0) is 9.59 Å². The highest BCUT2D eigenvalue weighted by molar-refractivity contribution is 5.90. The zero-order chi connectivity index (χ0) is 17.5. The molecule has 2 unspecified atom stereocenters. The van der Waals surface area contributed by atoms with Gasteiger partial charge in [-0.2, -0.15) is 0 Å². The van der Waals surface area contributed by atoms with E-state index in [9.17, 15) is 14.7 Å². The number of carbonyl (C=O) groups excluding carboxylic acids is 1. The lowest BCUT2D eigenvalue weighted by atomic mass is 10.1. The van der Waals surface area contributed by atoms with Crippen LogP contribution in [0.3, 0.4) is 0 Å². The second-order valence-electron chi connectivity index (χ2n) is 5.44. The Hall–Kier alpha value is -2.82. The van der Waals surface area contributed by atoms with Crippen LogP contribution >= 0.6 is 0 Å². The van der Waals surface area contributed by atoms with Gasteiger partial charge in [-0.05, 0) is 31.7 Å². The molecule has 5 heteroatoms. The largest absolute Gasteiger partial charge is 0.480 e. The molecule has 0 aliphatic carbocycles. The Kier molecular flexibility index (Phi) is 5.95. The van der Waals surface area contributed by atoms with Crippen molar-refractivity contribution in [1.29, 1.82) is 0 Å². The number of fused-ring (bicyclic) bond motifs is 1. The summed E-state index contributed by atoms with van der Waals surface area (Å²) in [4.78, 5) is 23.4. The second-order valence-corrected chi connectivity index (χ2v) is 5.44. The van der Waals surface area contributed by atoms with E-state index in [1.165, 1.54) is 0 Å². The molecule has 126 valence electrons. The number of nitrogens with one attached hydrogen (secondary N) is 1. The molecule has 0 aliphatic rings. The van der Waals surface area contributed by atoms with Crippen LogP contribution in [0.5, 0.6) is 5.75 Å². The van der Waals surface area contributed by atoms with Crippen LogP contribution in [-0.4, -0.2) is 29.1 Å². The van der Waals surface area contributed by atoms with E-state index >= 15 is 0 Å². The van der Waals surface area contributed by atoms with Gasteiger partial charge in [0.25, 0.3) is 5.91 Å². The molecule has 0 aromatic heterocycles. The molecule has 2 aromatic carbocycles. The van der Waals surface area contributed by atoms with Crippen LogP contribution in [0.2, 0.25) is 0 Å². The first-order valence-corrected chi connectivity index (χ1v) is 7.81. The van der Waals surface area contributed by atoms with Gasteiger partial charge >= 0.3 is 5.97 Å². The van der Waals surface area contributed by atoms with E-state index in [2.05, 4.69) is 5.32 Å². The number of hydrogen-bond donors (Lipinski definition) is 2. The van der Waals surface area contributed by atoms with Crippen molar-refractivity contribution in [2.45, 2.75) is 32.4 Å². The van der Waals surface area contributed by atoms with Crippen LogP contribution in [0.25, 0.3) is 10.8 Å². The quantitative estimate of drug-likeness (QED) is 0.766. The minimum absolute atomic E-state index is 0.235.